The largest absolute Gasteiger partial charge is 0.478 e. The molecule has 1 saturated heterocycles. The van der Waals surface area contributed by atoms with Crippen LogP contribution >= 0.6 is 0 Å². The lowest BCUT2D eigenvalue weighted by molar-refractivity contribution is -0.163. The fraction of sp³-hybridized carbons (Fsp3) is 0.391. The number of aromatic amines is 1. The molecule has 4 atom stereocenters. The summed E-state index contributed by atoms with van der Waals surface area (Å²) in [6, 6.07) is 7.48. The van der Waals surface area contributed by atoms with Crippen LogP contribution < -0.4 is 0 Å². The molecule has 9 nitrogen and oxygen atoms in total. The molecular weight excluding hydrogens is 414 g/mol. The van der Waals surface area contributed by atoms with E-state index in [9.17, 15) is 29.9 Å². The predicted molar refractivity (Wildman–Crippen MR) is 113 cm³/mol. The summed E-state index contributed by atoms with van der Waals surface area (Å²) < 4.78 is 5.08. The van der Waals surface area contributed by atoms with Gasteiger partial charge in [0.25, 0.3) is 0 Å². The molecule has 3 N–H and O–H groups in total. The number of nitrogens with zero attached hydrogens (tertiary/aromatic N) is 2. The molecule has 2 aromatic rings. The molecule has 0 bridgehead atoms. The van der Waals surface area contributed by atoms with Crippen molar-refractivity contribution in [1.29, 1.82) is 5.26 Å². The van der Waals surface area contributed by atoms with Gasteiger partial charge in [-0.1, -0.05) is 12.1 Å². The van der Waals surface area contributed by atoms with Crippen LogP contribution in [0.3, 0.4) is 0 Å². The number of methoxy groups -OCH3 is 1. The zero-order valence-electron chi connectivity index (χ0n) is 17.7. The molecule has 1 aliphatic heterocycles. The predicted octanol–water partition coefficient (Wildman–Crippen LogP) is 1.91. The molecule has 1 aliphatic carbocycles. The molecule has 9 heteroatoms. The Kier molecular flexibility index (Phi) is 5.26. The van der Waals surface area contributed by atoms with Gasteiger partial charge in [0, 0.05) is 53.2 Å². The van der Waals surface area contributed by atoms with Crippen LogP contribution in [-0.2, 0) is 25.5 Å². The maximum absolute atomic E-state index is 13.2. The molecule has 0 radical (unpaired) electrons. The third-order valence-corrected chi connectivity index (χ3v) is 6.92. The first-order chi connectivity index (χ1) is 15.2. The summed E-state index contributed by atoms with van der Waals surface area (Å²) in [6.07, 6.45) is 2.86. The summed E-state index contributed by atoms with van der Waals surface area (Å²) in [5.74, 6) is -5.18. The van der Waals surface area contributed by atoms with Crippen LogP contribution in [0, 0.1) is 22.7 Å². The molecule has 0 amide bonds. The fourth-order valence-corrected chi connectivity index (χ4v) is 5.80. The van der Waals surface area contributed by atoms with E-state index in [1.54, 1.807) is 0 Å². The van der Waals surface area contributed by atoms with Gasteiger partial charge in [-0.25, -0.2) is 9.59 Å². The lowest BCUT2D eigenvalue weighted by Gasteiger charge is -2.54. The van der Waals surface area contributed by atoms with Crippen LogP contribution in [0.2, 0.25) is 0 Å². The Bertz CT molecular complexity index is 1190. The number of hydrogen-bond donors (Lipinski definition) is 3. The van der Waals surface area contributed by atoms with Gasteiger partial charge in [0.15, 0.2) is 0 Å². The standard InChI is InChI=1S/C23H23N3O6/c1-26-11-23(6-7-24,22(31)32-2)20(14(21(29)30)9-17(27)28)19-13-4-3-5-15-18(13)12(10-25-15)8-16(19)26/h3-5,9-10,16,19-20,25H,6,8,11H2,1-2H3,(H,27,28)(H,29,30)/t16-,19?,20?,23?/m1/s1. The number of piperidine rings is 1. The third-order valence-electron chi connectivity index (χ3n) is 6.92. The SMILES string of the molecule is COC(=O)C1(CC#N)CN(C)[C@@H]2Cc3c[nH]c4cccc(c34)C2C1C(=CC(=O)O)C(=O)O. The Hall–Kier alpha value is -3.64. The monoisotopic (exact) mass is 437 g/mol. The number of ether oxygens (including phenoxy) is 1. The number of carboxylic acids is 2. The molecular formula is C23H23N3O6. The van der Waals surface area contributed by atoms with Crippen molar-refractivity contribution >= 4 is 28.8 Å². The quantitative estimate of drug-likeness (QED) is 0.475. The molecule has 1 fully saturated rings. The minimum absolute atomic E-state index is 0.0685. The Morgan fingerprint density at radius 3 is 2.75 bits per heavy atom. The second-order valence-corrected chi connectivity index (χ2v) is 8.50. The van der Waals surface area contributed by atoms with Crippen LogP contribution in [-0.4, -0.2) is 64.7 Å². The van der Waals surface area contributed by atoms with Gasteiger partial charge in [0.2, 0.25) is 0 Å². The lowest BCUT2D eigenvalue weighted by Crippen LogP contribution is -2.61. The van der Waals surface area contributed by atoms with Crippen molar-refractivity contribution in [3.63, 3.8) is 0 Å². The van der Waals surface area contributed by atoms with Gasteiger partial charge in [0.1, 0.15) is 5.41 Å². The number of fused-ring (bicyclic) bond motifs is 2. The van der Waals surface area contributed by atoms with Gasteiger partial charge >= 0.3 is 17.9 Å². The van der Waals surface area contributed by atoms with Gasteiger partial charge in [0.05, 0.1) is 19.6 Å². The minimum atomic E-state index is -1.55. The molecule has 166 valence electrons. The third kappa shape index (κ3) is 3.07. The molecule has 32 heavy (non-hydrogen) atoms. The van der Waals surface area contributed by atoms with E-state index < -0.39 is 40.7 Å². The summed E-state index contributed by atoms with van der Waals surface area (Å²) >= 11 is 0. The fourth-order valence-electron chi connectivity index (χ4n) is 5.80. The van der Waals surface area contributed by atoms with Crippen molar-refractivity contribution in [2.24, 2.45) is 11.3 Å². The number of likely N-dealkylation sites (tertiary alicyclic amines) is 1. The molecule has 0 spiro atoms. The van der Waals surface area contributed by atoms with Crippen LogP contribution in [0.5, 0.6) is 0 Å². The van der Waals surface area contributed by atoms with Gasteiger partial charge in [-0.3, -0.25) is 4.79 Å². The lowest BCUT2D eigenvalue weighted by atomic mass is 9.56. The Morgan fingerprint density at radius 1 is 1.38 bits per heavy atom. The van der Waals surface area contributed by atoms with Gasteiger partial charge in [-0.05, 0) is 30.7 Å². The number of likely N-dealkylation sites (N-methyl/N-ethyl adjacent to an activating group) is 1. The molecule has 1 aromatic heterocycles. The summed E-state index contributed by atoms with van der Waals surface area (Å²) in [4.78, 5) is 42.3. The first-order valence-electron chi connectivity index (χ1n) is 10.2. The number of carbonyl (C=O) groups excluding carboxylic acids is 1. The number of esters is 1. The van der Waals surface area contributed by atoms with E-state index in [4.69, 9.17) is 4.74 Å². The van der Waals surface area contributed by atoms with E-state index in [2.05, 4.69) is 4.98 Å². The Balaban J connectivity index is 2.06. The summed E-state index contributed by atoms with van der Waals surface area (Å²) in [6.45, 7) is 0.0685. The van der Waals surface area contributed by atoms with Crippen LogP contribution in [0.15, 0.2) is 36.0 Å². The maximum Gasteiger partial charge on any atom is 0.332 e. The second kappa shape index (κ2) is 7.80. The topological polar surface area (TPSA) is 144 Å². The number of nitrogens with one attached hydrogen (secondary N) is 1. The van der Waals surface area contributed by atoms with Gasteiger partial charge in [-0.15, -0.1) is 0 Å². The highest BCUT2D eigenvalue weighted by molar-refractivity contribution is 5.97. The molecule has 2 aliphatic rings. The zero-order chi connectivity index (χ0) is 23.2. The highest BCUT2D eigenvalue weighted by Crippen LogP contribution is 2.55. The number of nitriles is 1. The van der Waals surface area contributed by atoms with E-state index in [0.29, 0.717) is 12.5 Å². The van der Waals surface area contributed by atoms with Crippen molar-refractivity contribution in [2.75, 3.05) is 20.7 Å². The molecule has 2 heterocycles. The van der Waals surface area contributed by atoms with Crippen LogP contribution in [0.1, 0.15) is 23.5 Å². The maximum atomic E-state index is 13.2. The van der Waals surface area contributed by atoms with E-state index in [0.717, 1.165) is 22.0 Å². The van der Waals surface area contributed by atoms with Gasteiger partial charge in [-0.2, -0.15) is 5.26 Å². The number of hydrogen-bond acceptors (Lipinski definition) is 6. The Labute approximate surface area is 183 Å². The van der Waals surface area contributed by atoms with Crippen LogP contribution in [0.4, 0.5) is 0 Å². The first-order valence-corrected chi connectivity index (χ1v) is 10.2. The first kappa shape index (κ1) is 21.6. The van der Waals surface area contributed by atoms with Gasteiger partial charge < -0.3 is 24.8 Å². The highest BCUT2D eigenvalue weighted by Gasteiger charge is 2.60. The van der Waals surface area contributed by atoms with Crippen molar-refractivity contribution < 1.29 is 29.3 Å². The van der Waals surface area contributed by atoms with Crippen molar-refractivity contribution in [3.8, 4) is 6.07 Å². The van der Waals surface area contributed by atoms with Crippen molar-refractivity contribution in [1.82, 2.24) is 9.88 Å². The minimum Gasteiger partial charge on any atom is -0.478 e. The average Bonchev–Trinajstić information content (AvgIpc) is 3.17. The number of carboxylic acid groups (broad SMARTS) is 2. The zero-order valence-corrected chi connectivity index (χ0v) is 17.7. The number of H-pyrrole nitrogens is 1. The molecule has 4 rings (SSSR count). The number of benzene rings is 1. The Morgan fingerprint density at radius 2 is 2.12 bits per heavy atom. The number of rotatable bonds is 5. The van der Waals surface area contributed by atoms with Crippen molar-refractivity contribution in [2.45, 2.75) is 24.8 Å². The highest BCUT2D eigenvalue weighted by atomic mass is 16.5. The van der Waals surface area contributed by atoms with E-state index >= 15 is 0 Å². The van der Waals surface area contributed by atoms with E-state index in [1.807, 2.05) is 42.4 Å². The van der Waals surface area contributed by atoms with E-state index in [-0.39, 0.29) is 19.0 Å². The summed E-state index contributed by atoms with van der Waals surface area (Å²) in [7, 11) is 3.03. The second-order valence-electron chi connectivity index (χ2n) is 8.50. The smallest absolute Gasteiger partial charge is 0.332 e. The number of aliphatic carboxylic acids is 2. The normalized spacial score (nSPS) is 27.4. The summed E-state index contributed by atoms with van der Waals surface area (Å²) in [5.41, 5.74) is 0.834. The summed E-state index contributed by atoms with van der Waals surface area (Å²) in [5, 5.41) is 30.1. The van der Waals surface area contributed by atoms with Crippen LogP contribution in [0.25, 0.3) is 10.9 Å². The van der Waals surface area contributed by atoms with Crippen molar-refractivity contribution in [3.05, 3.63) is 47.2 Å². The number of carbonyl (C=O) groups is 3. The average molecular weight is 437 g/mol. The van der Waals surface area contributed by atoms with E-state index in [1.165, 1.54) is 7.11 Å². The molecule has 3 unspecified atom stereocenters. The number of aromatic nitrogens is 1. The molecule has 0 saturated carbocycles. The molecule has 1 aromatic carbocycles.